The predicted octanol–water partition coefficient (Wildman–Crippen LogP) is 5.52. The number of aliphatic hydroxyl groups excluding tert-OH is 1. The molecule has 1 atom stereocenters. The molecule has 0 bridgehead atoms. The molecule has 0 radical (unpaired) electrons. The molecule has 0 aliphatic carbocycles. The van der Waals surface area contributed by atoms with E-state index in [1.165, 1.54) is 0 Å². The van der Waals surface area contributed by atoms with Crippen molar-refractivity contribution in [3.63, 3.8) is 0 Å². The highest BCUT2D eigenvalue weighted by atomic mass is 16.4. The van der Waals surface area contributed by atoms with Gasteiger partial charge in [-0.2, -0.15) is 0 Å². The van der Waals surface area contributed by atoms with Crippen molar-refractivity contribution in [2.24, 2.45) is 0 Å². The fraction of sp³-hybridized carbons (Fsp3) is 0.409. The molecule has 0 aromatic rings. The molecule has 0 rings (SSSR count). The second-order valence-corrected chi connectivity index (χ2v) is 5.55. The minimum absolute atomic E-state index is 0.195. The Morgan fingerprint density at radius 3 is 2.04 bits per heavy atom. The quantitative estimate of drug-likeness (QED) is 0.322. The van der Waals surface area contributed by atoms with Gasteiger partial charge in [0, 0.05) is 6.42 Å². The Labute approximate surface area is 152 Å². The Morgan fingerprint density at radius 2 is 1.44 bits per heavy atom. The highest BCUT2D eigenvalue weighted by Gasteiger charge is 1.92. The van der Waals surface area contributed by atoms with Crippen molar-refractivity contribution < 1.29 is 15.0 Å². The number of hydrogen-bond acceptors (Lipinski definition) is 2. The molecule has 0 aromatic carbocycles. The molecule has 3 heteroatoms. The smallest absolute Gasteiger partial charge is 0.303 e. The zero-order chi connectivity index (χ0) is 18.6. The SMILES string of the molecule is CCC=CC[C@H](O)C=CC=CCC=CCC=CCC=CCCC(=O)O. The van der Waals surface area contributed by atoms with Crippen LogP contribution in [0.4, 0.5) is 0 Å². The van der Waals surface area contributed by atoms with Gasteiger partial charge in [-0.05, 0) is 38.5 Å². The Balaban J connectivity index is 3.66. The third kappa shape index (κ3) is 19.8. The van der Waals surface area contributed by atoms with Crippen LogP contribution in [0.3, 0.4) is 0 Å². The minimum Gasteiger partial charge on any atom is -0.481 e. The molecule has 0 aliphatic heterocycles. The van der Waals surface area contributed by atoms with Gasteiger partial charge in [-0.25, -0.2) is 0 Å². The van der Waals surface area contributed by atoms with Gasteiger partial charge >= 0.3 is 5.97 Å². The van der Waals surface area contributed by atoms with Crippen molar-refractivity contribution in [3.8, 4) is 0 Å². The molecule has 0 amide bonds. The average molecular weight is 344 g/mol. The maximum absolute atomic E-state index is 10.3. The van der Waals surface area contributed by atoms with Gasteiger partial charge in [0.15, 0.2) is 0 Å². The Morgan fingerprint density at radius 1 is 0.840 bits per heavy atom. The van der Waals surface area contributed by atoms with E-state index >= 15 is 0 Å². The Hall–Kier alpha value is -2.13. The molecular weight excluding hydrogens is 312 g/mol. The molecular formula is C22H32O3. The summed E-state index contributed by atoms with van der Waals surface area (Å²) in [5, 5.41) is 18.2. The molecule has 0 heterocycles. The van der Waals surface area contributed by atoms with Crippen molar-refractivity contribution in [1.29, 1.82) is 0 Å². The maximum Gasteiger partial charge on any atom is 0.303 e. The molecule has 0 spiro atoms. The van der Waals surface area contributed by atoms with Crippen LogP contribution in [0, 0.1) is 0 Å². The lowest BCUT2D eigenvalue weighted by Crippen LogP contribution is -1.98. The summed E-state index contributed by atoms with van der Waals surface area (Å²) in [6, 6.07) is 0. The minimum atomic E-state index is -0.754. The standard InChI is InChI=1S/C22H32O3/c1-2-3-15-18-21(23)19-16-13-11-9-7-5-4-6-8-10-12-14-17-20-22(24)25/h3,5-8,11-16,19,21,23H,2,4,9-10,17-18,20H2,1H3,(H,24,25)/t21-/m0/s1. The molecule has 25 heavy (non-hydrogen) atoms. The molecule has 0 fully saturated rings. The normalized spacial score (nSPS) is 14.3. The van der Waals surface area contributed by atoms with Crippen LogP contribution in [0.25, 0.3) is 0 Å². The van der Waals surface area contributed by atoms with E-state index in [1.54, 1.807) is 6.08 Å². The van der Waals surface area contributed by atoms with E-state index in [0.29, 0.717) is 12.8 Å². The number of aliphatic carboxylic acids is 1. The van der Waals surface area contributed by atoms with Crippen molar-refractivity contribution >= 4 is 5.97 Å². The van der Waals surface area contributed by atoms with Crippen LogP contribution in [0.5, 0.6) is 0 Å². The number of rotatable bonds is 14. The van der Waals surface area contributed by atoms with E-state index in [-0.39, 0.29) is 6.42 Å². The van der Waals surface area contributed by atoms with E-state index in [2.05, 4.69) is 43.4 Å². The molecule has 0 saturated heterocycles. The van der Waals surface area contributed by atoms with Crippen LogP contribution in [-0.2, 0) is 4.79 Å². The second-order valence-electron chi connectivity index (χ2n) is 5.55. The number of aliphatic hydroxyl groups is 1. The summed E-state index contributed by atoms with van der Waals surface area (Å²) in [6.07, 6.45) is 28.7. The summed E-state index contributed by atoms with van der Waals surface area (Å²) in [6.45, 7) is 2.08. The fourth-order valence-electron chi connectivity index (χ4n) is 1.87. The van der Waals surface area contributed by atoms with Crippen molar-refractivity contribution in [2.45, 2.75) is 58.0 Å². The van der Waals surface area contributed by atoms with Crippen LogP contribution >= 0.6 is 0 Å². The van der Waals surface area contributed by atoms with Crippen LogP contribution in [0.1, 0.15) is 51.9 Å². The number of carboxylic acids is 1. The Kier molecular flexibility index (Phi) is 16.7. The summed E-state index contributed by atoms with van der Waals surface area (Å²) in [4.78, 5) is 10.3. The predicted molar refractivity (Wildman–Crippen MR) is 106 cm³/mol. The molecule has 0 aromatic heterocycles. The maximum atomic E-state index is 10.3. The van der Waals surface area contributed by atoms with Crippen molar-refractivity contribution in [3.05, 3.63) is 72.9 Å². The topological polar surface area (TPSA) is 57.5 Å². The third-order valence-electron chi connectivity index (χ3n) is 3.20. The van der Waals surface area contributed by atoms with E-state index in [9.17, 15) is 9.90 Å². The average Bonchev–Trinajstić information content (AvgIpc) is 2.58. The third-order valence-corrected chi connectivity index (χ3v) is 3.20. The van der Waals surface area contributed by atoms with Crippen LogP contribution in [-0.4, -0.2) is 22.3 Å². The summed E-state index contributed by atoms with van der Waals surface area (Å²) in [7, 11) is 0. The molecule has 0 saturated carbocycles. The zero-order valence-electron chi connectivity index (χ0n) is 15.3. The first-order valence-electron chi connectivity index (χ1n) is 9.00. The van der Waals surface area contributed by atoms with Gasteiger partial charge in [0.2, 0.25) is 0 Å². The lowest BCUT2D eigenvalue weighted by Gasteiger charge is -1.98. The van der Waals surface area contributed by atoms with Gasteiger partial charge in [0.1, 0.15) is 0 Å². The van der Waals surface area contributed by atoms with Crippen LogP contribution in [0.15, 0.2) is 72.9 Å². The van der Waals surface area contributed by atoms with Gasteiger partial charge in [-0.3, -0.25) is 4.79 Å². The van der Waals surface area contributed by atoms with E-state index < -0.39 is 12.1 Å². The summed E-state index contributed by atoms with van der Waals surface area (Å²) >= 11 is 0. The first kappa shape index (κ1) is 22.9. The summed E-state index contributed by atoms with van der Waals surface area (Å²) < 4.78 is 0. The fourth-order valence-corrected chi connectivity index (χ4v) is 1.87. The van der Waals surface area contributed by atoms with E-state index in [0.717, 1.165) is 25.7 Å². The molecule has 0 aliphatic rings. The lowest BCUT2D eigenvalue weighted by atomic mass is 10.2. The highest BCUT2D eigenvalue weighted by Crippen LogP contribution is 1.98. The first-order chi connectivity index (χ1) is 12.2. The largest absolute Gasteiger partial charge is 0.481 e. The first-order valence-corrected chi connectivity index (χ1v) is 9.00. The van der Waals surface area contributed by atoms with E-state index in [1.807, 2.05) is 30.4 Å². The van der Waals surface area contributed by atoms with Crippen LogP contribution in [0.2, 0.25) is 0 Å². The number of carbonyl (C=O) groups is 1. The van der Waals surface area contributed by atoms with Crippen LogP contribution < -0.4 is 0 Å². The monoisotopic (exact) mass is 344 g/mol. The number of hydrogen-bond donors (Lipinski definition) is 2. The highest BCUT2D eigenvalue weighted by molar-refractivity contribution is 5.66. The Bertz CT molecular complexity index is 493. The zero-order valence-corrected chi connectivity index (χ0v) is 15.3. The van der Waals surface area contributed by atoms with Gasteiger partial charge in [0.25, 0.3) is 0 Å². The molecule has 0 unspecified atom stereocenters. The number of allylic oxidation sites excluding steroid dienone is 10. The van der Waals surface area contributed by atoms with Gasteiger partial charge in [-0.15, -0.1) is 0 Å². The van der Waals surface area contributed by atoms with Crippen molar-refractivity contribution in [2.75, 3.05) is 0 Å². The van der Waals surface area contributed by atoms with Gasteiger partial charge in [-0.1, -0.05) is 79.8 Å². The summed E-state index contributed by atoms with van der Waals surface area (Å²) in [5.74, 6) is -0.754. The second kappa shape index (κ2) is 18.2. The lowest BCUT2D eigenvalue weighted by molar-refractivity contribution is -0.136. The molecule has 2 N–H and O–H groups in total. The molecule has 138 valence electrons. The van der Waals surface area contributed by atoms with Gasteiger partial charge < -0.3 is 10.2 Å². The summed E-state index contributed by atoms with van der Waals surface area (Å²) in [5.41, 5.74) is 0. The molecule has 3 nitrogen and oxygen atoms in total. The van der Waals surface area contributed by atoms with Crippen molar-refractivity contribution in [1.82, 2.24) is 0 Å². The number of carboxylic acid groups (broad SMARTS) is 1. The van der Waals surface area contributed by atoms with E-state index in [4.69, 9.17) is 5.11 Å². The van der Waals surface area contributed by atoms with Gasteiger partial charge in [0.05, 0.1) is 6.10 Å².